The molecule has 7 nitrogen and oxygen atoms in total. The molecule has 208 valence electrons. The van der Waals surface area contributed by atoms with Crippen molar-refractivity contribution < 1.29 is 32.8 Å². The van der Waals surface area contributed by atoms with E-state index in [0.29, 0.717) is 24.9 Å². The van der Waals surface area contributed by atoms with Gasteiger partial charge in [0.25, 0.3) is 0 Å². The first-order chi connectivity index (χ1) is 18.7. The van der Waals surface area contributed by atoms with Crippen molar-refractivity contribution in [3.8, 4) is 5.69 Å². The average molecular weight is 541 g/mol. The molecule has 2 aliphatic heterocycles. The van der Waals surface area contributed by atoms with Crippen molar-refractivity contribution in [2.24, 2.45) is 28.6 Å². The second-order valence-corrected chi connectivity index (χ2v) is 13.0. The van der Waals surface area contributed by atoms with Crippen LogP contribution in [0.25, 0.3) is 11.8 Å². The molecule has 9 heteroatoms. The molecule has 39 heavy (non-hydrogen) atoms. The van der Waals surface area contributed by atoms with Crippen molar-refractivity contribution in [2.45, 2.75) is 69.9 Å². The predicted molar refractivity (Wildman–Crippen MR) is 135 cm³/mol. The van der Waals surface area contributed by atoms with Gasteiger partial charge in [-0.25, -0.2) is 13.5 Å². The maximum atomic E-state index is 14.7. The highest BCUT2D eigenvalue weighted by Crippen LogP contribution is 2.71. The highest BCUT2D eigenvalue weighted by molar-refractivity contribution is 5.61. The number of nitrogens with zero attached hydrogens (tertiary/aromatic N) is 2. The number of ether oxygens (including phenoxy) is 4. The molecular formula is C30H34F2N2O5. The van der Waals surface area contributed by atoms with E-state index in [-0.39, 0.29) is 36.0 Å². The first-order valence-corrected chi connectivity index (χ1v) is 14.1. The van der Waals surface area contributed by atoms with Crippen molar-refractivity contribution in [1.82, 2.24) is 9.78 Å². The van der Waals surface area contributed by atoms with Crippen LogP contribution in [0.5, 0.6) is 0 Å². The molecule has 8 atom stereocenters. The fourth-order valence-electron chi connectivity index (χ4n) is 10.0. The van der Waals surface area contributed by atoms with Gasteiger partial charge in [-0.3, -0.25) is 0 Å². The summed E-state index contributed by atoms with van der Waals surface area (Å²) >= 11 is 0. The minimum atomic E-state index is -0.906. The van der Waals surface area contributed by atoms with Gasteiger partial charge in [0.15, 0.2) is 19.4 Å². The van der Waals surface area contributed by atoms with Crippen LogP contribution in [0.2, 0.25) is 0 Å². The number of allylic oxidation sites excluding steroid dienone is 1. The van der Waals surface area contributed by atoms with Crippen LogP contribution in [-0.4, -0.2) is 52.6 Å². The second kappa shape index (κ2) is 7.97. The van der Waals surface area contributed by atoms with Crippen LogP contribution in [0.3, 0.4) is 0 Å². The Kier molecular flexibility index (Phi) is 5.03. The molecule has 0 bridgehead atoms. The van der Waals surface area contributed by atoms with Gasteiger partial charge < -0.3 is 24.1 Å². The van der Waals surface area contributed by atoms with Crippen LogP contribution in [0.4, 0.5) is 8.78 Å². The molecule has 1 aromatic carbocycles. The van der Waals surface area contributed by atoms with Crippen LogP contribution in [0, 0.1) is 40.2 Å². The minimum Gasteiger partial charge on any atom is -0.393 e. The topological polar surface area (TPSA) is 75.0 Å². The maximum Gasteiger partial charge on any atom is 0.226 e. The fraction of sp³-hybridized carbons (Fsp3) is 0.633. The van der Waals surface area contributed by atoms with Gasteiger partial charge in [0.1, 0.15) is 23.7 Å². The van der Waals surface area contributed by atoms with Gasteiger partial charge in [-0.2, -0.15) is 5.10 Å². The molecule has 2 spiro atoms. The third-order valence-corrected chi connectivity index (χ3v) is 11.6. The molecule has 8 rings (SSSR count). The normalized spacial score (nSPS) is 44.3. The van der Waals surface area contributed by atoms with Crippen molar-refractivity contribution in [1.29, 1.82) is 0 Å². The number of halogens is 2. The summed E-state index contributed by atoms with van der Waals surface area (Å²) in [6, 6.07) is 3.58. The fourth-order valence-corrected chi connectivity index (χ4v) is 10.0. The number of hydrogen-bond donors (Lipinski definition) is 1. The number of aliphatic hydroxyl groups is 1. The SMILES string of the molecule is C[C@]12Cc3cnn(-c4ccc(F)cc4F)c3C=C1CC[C@@H]1[C@@H]2[C@@H](O)C[C@@]2(C)[C@H]1CC[C@@]21OCOC12COCO2. The lowest BCUT2D eigenvalue weighted by Crippen LogP contribution is -2.66. The smallest absolute Gasteiger partial charge is 0.226 e. The molecule has 3 saturated carbocycles. The van der Waals surface area contributed by atoms with Crippen molar-refractivity contribution in [3.63, 3.8) is 0 Å². The maximum absolute atomic E-state index is 14.7. The van der Waals surface area contributed by atoms with Crippen LogP contribution in [0.15, 0.2) is 30.0 Å². The van der Waals surface area contributed by atoms with Gasteiger partial charge in [-0.05, 0) is 85.5 Å². The van der Waals surface area contributed by atoms with Gasteiger partial charge in [0.05, 0.1) is 18.0 Å². The number of aliphatic hydroxyl groups excluding tert-OH is 1. The van der Waals surface area contributed by atoms with E-state index in [1.165, 1.54) is 17.7 Å². The molecule has 5 fully saturated rings. The minimum absolute atomic E-state index is 0.0869. The molecule has 6 aliphatic rings. The van der Waals surface area contributed by atoms with Gasteiger partial charge in [-0.15, -0.1) is 0 Å². The quantitative estimate of drug-likeness (QED) is 0.563. The second-order valence-electron chi connectivity index (χ2n) is 13.0. The molecule has 1 N–H and O–H groups in total. The van der Waals surface area contributed by atoms with Crippen molar-refractivity contribution in [2.75, 3.05) is 20.2 Å². The molecule has 1 aromatic heterocycles. The molecule has 2 aromatic rings. The number of benzene rings is 1. The Morgan fingerprint density at radius 2 is 1.95 bits per heavy atom. The molecule has 3 heterocycles. The number of fused-ring (bicyclic) bond motifs is 8. The summed E-state index contributed by atoms with van der Waals surface area (Å²) in [5.41, 5.74) is 2.21. The number of aromatic nitrogens is 2. The summed E-state index contributed by atoms with van der Waals surface area (Å²) in [4.78, 5) is 0. The number of hydrogen-bond acceptors (Lipinski definition) is 6. The highest BCUT2D eigenvalue weighted by atomic mass is 19.1. The summed E-state index contributed by atoms with van der Waals surface area (Å²) in [7, 11) is 0. The molecule has 4 aliphatic carbocycles. The summed E-state index contributed by atoms with van der Waals surface area (Å²) in [5, 5.41) is 16.5. The third-order valence-electron chi connectivity index (χ3n) is 11.6. The van der Waals surface area contributed by atoms with Gasteiger partial charge in [0, 0.05) is 11.5 Å². The Hall–Kier alpha value is -2.17. The first kappa shape index (κ1) is 24.6. The van der Waals surface area contributed by atoms with Crippen LogP contribution >= 0.6 is 0 Å². The van der Waals surface area contributed by atoms with E-state index in [9.17, 15) is 13.9 Å². The van der Waals surface area contributed by atoms with Crippen LogP contribution in [-0.2, 0) is 25.4 Å². The lowest BCUT2D eigenvalue weighted by molar-refractivity contribution is -0.257. The molecule has 1 unspecified atom stereocenters. The van der Waals surface area contributed by atoms with Gasteiger partial charge in [0.2, 0.25) is 5.79 Å². The summed E-state index contributed by atoms with van der Waals surface area (Å²) in [5.74, 6) is -1.37. The third kappa shape index (κ3) is 2.95. The Morgan fingerprint density at radius 3 is 2.74 bits per heavy atom. The van der Waals surface area contributed by atoms with E-state index in [0.717, 1.165) is 49.4 Å². The van der Waals surface area contributed by atoms with E-state index in [4.69, 9.17) is 18.9 Å². The zero-order valence-corrected chi connectivity index (χ0v) is 22.3. The van der Waals surface area contributed by atoms with E-state index in [2.05, 4.69) is 25.0 Å². The Labute approximate surface area is 226 Å². The Balaban J connectivity index is 1.16. The average Bonchev–Trinajstić information content (AvgIpc) is 3.66. The largest absolute Gasteiger partial charge is 0.393 e. The standard InChI is InChI=1S/C30H34F2N2O5/c1-27-11-17-13-33-34(23-6-4-19(31)10-22(23)32)24(17)9-18(27)3-5-20-21-7-8-29(28(21,2)12-25(35)26(20)27)30(39-16-37-29)14-36-15-38-30/h4,6,9-10,13,20-21,25-26,35H,3,5,7-8,11-12,14-16H2,1-2H3/t20-,21-,25-,26+,27-,28-,29+,30?/m0/s1. The molecular weight excluding hydrogens is 506 g/mol. The van der Waals surface area contributed by atoms with E-state index >= 15 is 0 Å². The van der Waals surface area contributed by atoms with Crippen molar-refractivity contribution in [3.05, 3.63) is 52.9 Å². The molecule has 2 saturated heterocycles. The monoisotopic (exact) mass is 540 g/mol. The lowest BCUT2D eigenvalue weighted by Gasteiger charge is -2.61. The summed E-state index contributed by atoms with van der Waals surface area (Å²) in [6.45, 7) is 5.30. The summed E-state index contributed by atoms with van der Waals surface area (Å²) in [6.07, 6.45) is 8.47. The zero-order chi connectivity index (χ0) is 26.8. The molecule has 0 radical (unpaired) electrons. The predicted octanol–water partition coefficient (Wildman–Crippen LogP) is 4.75. The lowest BCUT2D eigenvalue weighted by atomic mass is 9.45. The van der Waals surface area contributed by atoms with Gasteiger partial charge >= 0.3 is 0 Å². The number of rotatable bonds is 1. The van der Waals surface area contributed by atoms with Crippen LogP contribution in [0.1, 0.15) is 57.2 Å². The Bertz CT molecular complexity index is 1380. The van der Waals surface area contributed by atoms with E-state index in [1.807, 2.05) is 0 Å². The zero-order valence-electron chi connectivity index (χ0n) is 22.3. The first-order valence-electron chi connectivity index (χ1n) is 14.1. The molecule has 0 amide bonds. The highest BCUT2D eigenvalue weighted by Gasteiger charge is 2.76. The van der Waals surface area contributed by atoms with Gasteiger partial charge in [-0.1, -0.05) is 19.4 Å². The van der Waals surface area contributed by atoms with E-state index in [1.54, 1.807) is 10.9 Å². The van der Waals surface area contributed by atoms with Crippen molar-refractivity contribution >= 4 is 6.08 Å². The summed E-state index contributed by atoms with van der Waals surface area (Å²) < 4.78 is 54.1. The van der Waals surface area contributed by atoms with E-state index < -0.39 is 29.1 Å². The van der Waals surface area contributed by atoms with Crippen LogP contribution < -0.4 is 0 Å². The Morgan fingerprint density at radius 1 is 1.10 bits per heavy atom.